The summed E-state index contributed by atoms with van der Waals surface area (Å²) in [6, 6.07) is 7.94. The first-order valence-corrected chi connectivity index (χ1v) is 10.5. The van der Waals surface area contributed by atoms with Crippen LogP contribution in [0.25, 0.3) is 16.3 Å². The van der Waals surface area contributed by atoms with Gasteiger partial charge in [-0.25, -0.2) is 19.9 Å². The van der Waals surface area contributed by atoms with Crippen LogP contribution in [0.4, 0.5) is 0 Å². The third kappa shape index (κ3) is 3.51. The van der Waals surface area contributed by atoms with Gasteiger partial charge < -0.3 is 4.90 Å². The van der Waals surface area contributed by atoms with Gasteiger partial charge in [0.05, 0.1) is 10.6 Å². The average molecular weight is 404 g/mol. The number of rotatable bonds is 3. The molecule has 1 atom stereocenters. The van der Waals surface area contributed by atoms with Crippen molar-refractivity contribution >= 4 is 23.0 Å². The summed E-state index contributed by atoms with van der Waals surface area (Å²) in [5.74, 6) is 1.42. The van der Waals surface area contributed by atoms with E-state index in [0.717, 1.165) is 41.5 Å². The Labute approximate surface area is 172 Å². The zero-order chi connectivity index (χ0) is 19.8. The van der Waals surface area contributed by atoms with Crippen LogP contribution in [0.3, 0.4) is 0 Å². The van der Waals surface area contributed by atoms with E-state index in [1.807, 2.05) is 36.2 Å². The Balaban J connectivity index is 1.40. The van der Waals surface area contributed by atoms with Gasteiger partial charge in [-0.05, 0) is 43.3 Å². The summed E-state index contributed by atoms with van der Waals surface area (Å²) in [4.78, 5) is 34.2. The number of nitrogens with zero attached hydrogens (tertiary/aromatic N) is 6. The van der Waals surface area contributed by atoms with E-state index in [4.69, 9.17) is 9.97 Å². The fourth-order valence-electron chi connectivity index (χ4n) is 3.79. The molecule has 29 heavy (non-hydrogen) atoms. The number of thiophene rings is 1. The Morgan fingerprint density at radius 1 is 1.24 bits per heavy atom. The maximum atomic E-state index is 13.1. The molecule has 0 unspecified atom stereocenters. The number of carbonyl (C=O) groups is 1. The second-order valence-electron chi connectivity index (χ2n) is 7.27. The Kier molecular flexibility index (Phi) is 4.55. The number of imidazole rings is 1. The van der Waals surface area contributed by atoms with Crippen molar-refractivity contribution in [2.75, 3.05) is 13.1 Å². The Hall–Kier alpha value is -3.13. The molecule has 1 aliphatic heterocycles. The first-order chi connectivity index (χ1) is 14.2. The summed E-state index contributed by atoms with van der Waals surface area (Å²) >= 11 is 1.67. The molecule has 0 radical (unpaired) electrons. The third-order valence-electron chi connectivity index (χ3n) is 5.17. The predicted octanol–water partition coefficient (Wildman–Crippen LogP) is 3.58. The van der Waals surface area contributed by atoms with Gasteiger partial charge in [0, 0.05) is 43.3 Å². The zero-order valence-electron chi connectivity index (χ0n) is 16.0. The van der Waals surface area contributed by atoms with E-state index in [1.165, 1.54) is 0 Å². The van der Waals surface area contributed by atoms with Crippen LogP contribution in [0, 0.1) is 6.92 Å². The normalized spacial score (nSPS) is 17.0. The molecule has 0 saturated carbocycles. The molecule has 0 bridgehead atoms. The van der Waals surface area contributed by atoms with Crippen LogP contribution in [0.2, 0.25) is 0 Å². The van der Waals surface area contributed by atoms with E-state index >= 15 is 0 Å². The minimum absolute atomic E-state index is 0.0636. The molecule has 0 aromatic carbocycles. The second-order valence-corrected chi connectivity index (χ2v) is 8.22. The lowest BCUT2D eigenvalue weighted by Gasteiger charge is -2.31. The van der Waals surface area contributed by atoms with Crippen molar-refractivity contribution in [2.45, 2.75) is 25.7 Å². The number of carbonyl (C=O) groups excluding carboxylic acids is 1. The third-order valence-corrected chi connectivity index (χ3v) is 6.07. The van der Waals surface area contributed by atoms with Crippen LogP contribution in [0.1, 0.15) is 40.8 Å². The number of piperidine rings is 1. The Morgan fingerprint density at radius 3 is 3.00 bits per heavy atom. The molecule has 4 aromatic rings. The van der Waals surface area contributed by atoms with Crippen LogP contribution < -0.4 is 0 Å². The fraction of sp³-hybridized carbons (Fsp3) is 0.286. The van der Waals surface area contributed by atoms with Gasteiger partial charge in [0.25, 0.3) is 5.91 Å². The van der Waals surface area contributed by atoms with E-state index in [1.54, 1.807) is 28.1 Å². The highest BCUT2D eigenvalue weighted by Crippen LogP contribution is 2.29. The van der Waals surface area contributed by atoms with Gasteiger partial charge in [-0.1, -0.05) is 6.07 Å². The maximum Gasteiger partial charge on any atom is 0.274 e. The van der Waals surface area contributed by atoms with E-state index < -0.39 is 0 Å². The number of amides is 1. The number of fused-ring (bicyclic) bond motifs is 1. The van der Waals surface area contributed by atoms with Crippen molar-refractivity contribution in [3.63, 3.8) is 0 Å². The molecule has 1 amide bonds. The molecule has 0 aliphatic carbocycles. The number of aryl methyl sites for hydroxylation is 1. The molecule has 7 nitrogen and oxygen atoms in total. The molecular weight excluding hydrogens is 384 g/mol. The van der Waals surface area contributed by atoms with Crippen molar-refractivity contribution in [3.8, 4) is 10.6 Å². The highest BCUT2D eigenvalue weighted by atomic mass is 32.1. The summed E-state index contributed by atoms with van der Waals surface area (Å²) in [6.45, 7) is 3.32. The van der Waals surface area contributed by atoms with Crippen molar-refractivity contribution in [2.24, 2.45) is 0 Å². The second kappa shape index (κ2) is 7.36. The van der Waals surface area contributed by atoms with Crippen molar-refractivity contribution in [3.05, 3.63) is 65.4 Å². The van der Waals surface area contributed by atoms with Gasteiger partial charge in [-0.2, -0.15) is 0 Å². The fourth-order valence-corrected chi connectivity index (χ4v) is 4.48. The lowest BCUT2D eigenvalue weighted by molar-refractivity contribution is 0.0699. The molecule has 1 fully saturated rings. The molecule has 1 saturated heterocycles. The minimum Gasteiger partial charge on any atom is -0.337 e. The molecule has 0 N–H and O–H groups in total. The summed E-state index contributed by atoms with van der Waals surface area (Å²) in [7, 11) is 0. The molecule has 1 aliphatic rings. The van der Waals surface area contributed by atoms with Crippen molar-refractivity contribution < 1.29 is 4.79 Å². The first kappa shape index (κ1) is 17.9. The van der Waals surface area contributed by atoms with Gasteiger partial charge in [0.15, 0.2) is 0 Å². The Bertz CT molecular complexity index is 1140. The number of hydrogen-bond donors (Lipinski definition) is 0. The van der Waals surface area contributed by atoms with E-state index in [0.29, 0.717) is 18.0 Å². The number of likely N-dealkylation sites (tertiary alicyclic amines) is 1. The summed E-state index contributed by atoms with van der Waals surface area (Å²) < 4.78 is 1.77. The maximum absolute atomic E-state index is 13.1. The van der Waals surface area contributed by atoms with E-state index in [-0.39, 0.29) is 11.8 Å². The van der Waals surface area contributed by atoms with Gasteiger partial charge >= 0.3 is 0 Å². The number of aromatic nitrogens is 5. The molecule has 4 aromatic heterocycles. The van der Waals surface area contributed by atoms with E-state index in [9.17, 15) is 4.79 Å². The standard InChI is InChI=1S/C21H20N6OS/c1-14-11-16(18-6-3-10-29-18)24-19(23-14)15-5-2-8-26(12-15)20(28)17-13-27-9-4-7-22-21(27)25-17/h3-4,6-7,9-11,13,15H,2,5,8,12H2,1H3/t15-/m0/s1. The zero-order valence-corrected chi connectivity index (χ0v) is 16.8. The smallest absolute Gasteiger partial charge is 0.274 e. The van der Waals surface area contributed by atoms with Crippen molar-refractivity contribution in [1.82, 2.24) is 29.2 Å². The van der Waals surface area contributed by atoms with Gasteiger partial charge in [0.1, 0.15) is 11.5 Å². The molecule has 0 spiro atoms. The predicted molar refractivity (Wildman–Crippen MR) is 111 cm³/mol. The van der Waals surface area contributed by atoms with Gasteiger partial charge in [-0.15, -0.1) is 11.3 Å². The monoisotopic (exact) mass is 404 g/mol. The molecule has 146 valence electrons. The highest BCUT2D eigenvalue weighted by Gasteiger charge is 2.29. The topological polar surface area (TPSA) is 76.3 Å². The SMILES string of the molecule is Cc1cc(-c2cccs2)nc([C@H]2CCCN(C(=O)c3cn4cccnc4n3)C2)n1. The van der Waals surface area contributed by atoms with Crippen LogP contribution in [0.15, 0.2) is 48.2 Å². The molecule has 5 heterocycles. The largest absolute Gasteiger partial charge is 0.337 e. The van der Waals surface area contributed by atoms with Crippen LogP contribution in [-0.2, 0) is 0 Å². The van der Waals surface area contributed by atoms with E-state index in [2.05, 4.69) is 21.4 Å². The minimum atomic E-state index is -0.0636. The molecular formula is C21H20N6OS. The average Bonchev–Trinajstić information content (AvgIpc) is 3.43. The summed E-state index contributed by atoms with van der Waals surface area (Å²) in [6.07, 6.45) is 7.16. The molecule has 5 rings (SSSR count). The van der Waals surface area contributed by atoms with Crippen LogP contribution >= 0.6 is 11.3 Å². The van der Waals surface area contributed by atoms with Crippen LogP contribution in [-0.4, -0.2) is 48.2 Å². The summed E-state index contributed by atoms with van der Waals surface area (Å²) in [5.41, 5.74) is 2.33. The first-order valence-electron chi connectivity index (χ1n) is 9.66. The van der Waals surface area contributed by atoms with Gasteiger partial charge in [-0.3, -0.25) is 9.20 Å². The van der Waals surface area contributed by atoms with Crippen molar-refractivity contribution in [1.29, 1.82) is 0 Å². The van der Waals surface area contributed by atoms with Gasteiger partial charge in [0.2, 0.25) is 5.78 Å². The molecule has 8 heteroatoms. The lowest BCUT2D eigenvalue weighted by Crippen LogP contribution is -2.39. The lowest BCUT2D eigenvalue weighted by atomic mass is 9.96. The highest BCUT2D eigenvalue weighted by molar-refractivity contribution is 7.13. The number of hydrogen-bond acceptors (Lipinski definition) is 6. The Morgan fingerprint density at radius 2 is 2.17 bits per heavy atom. The van der Waals surface area contributed by atoms with Crippen LogP contribution in [0.5, 0.6) is 0 Å². The quantitative estimate of drug-likeness (QED) is 0.522. The summed E-state index contributed by atoms with van der Waals surface area (Å²) in [5, 5.41) is 2.05.